The number of benzene rings is 1. The molecule has 0 aliphatic carbocycles. The number of nitrogens with zero attached hydrogens (tertiary/aromatic N) is 1. The Morgan fingerprint density at radius 2 is 1.89 bits per heavy atom. The van der Waals surface area contributed by atoms with Gasteiger partial charge in [-0.05, 0) is 25.5 Å². The Hall–Kier alpha value is -1.51. The molecular formula is C15H24N2O. The predicted octanol–water partition coefficient (Wildman–Crippen LogP) is 3.59. The lowest BCUT2D eigenvalue weighted by Gasteiger charge is -2.22. The van der Waals surface area contributed by atoms with Gasteiger partial charge in [0, 0.05) is 13.0 Å². The molecule has 0 atom stereocenters. The van der Waals surface area contributed by atoms with E-state index in [1.54, 1.807) is 4.90 Å². The fourth-order valence-corrected chi connectivity index (χ4v) is 2.05. The number of carbonyl (C=O) groups excluding carboxylic acids is 1. The number of anilines is 2. The molecule has 0 radical (unpaired) electrons. The number of para-hydroxylation sites is 2. The van der Waals surface area contributed by atoms with Crippen molar-refractivity contribution in [3.8, 4) is 0 Å². The zero-order valence-corrected chi connectivity index (χ0v) is 11.5. The molecule has 0 saturated carbocycles. The van der Waals surface area contributed by atoms with E-state index in [0.29, 0.717) is 18.7 Å². The van der Waals surface area contributed by atoms with Gasteiger partial charge >= 0.3 is 0 Å². The standard InChI is InChI=1S/C15H24N2O/c1-3-5-6-7-12-15(18)17(4-2)14-11-9-8-10-13(14)16/h8-11H,3-7,12,16H2,1-2H3. The maximum atomic E-state index is 12.2. The summed E-state index contributed by atoms with van der Waals surface area (Å²) in [5, 5.41) is 0. The number of nitrogen functional groups attached to an aromatic ring is 1. The minimum atomic E-state index is 0.173. The molecule has 1 aromatic carbocycles. The summed E-state index contributed by atoms with van der Waals surface area (Å²) in [5.41, 5.74) is 7.42. The summed E-state index contributed by atoms with van der Waals surface area (Å²) in [7, 11) is 0. The average molecular weight is 248 g/mol. The van der Waals surface area contributed by atoms with Crippen molar-refractivity contribution in [3.05, 3.63) is 24.3 Å². The van der Waals surface area contributed by atoms with Gasteiger partial charge in [0.1, 0.15) is 0 Å². The SMILES string of the molecule is CCCCCCC(=O)N(CC)c1ccccc1N. The topological polar surface area (TPSA) is 46.3 Å². The van der Waals surface area contributed by atoms with Crippen LogP contribution in [0, 0.1) is 0 Å². The molecule has 1 rings (SSSR count). The zero-order valence-electron chi connectivity index (χ0n) is 11.5. The van der Waals surface area contributed by atoms with Crippen LogP contribution in [-0.4, -0.2) is 12.5 Å². The van der Waals surface area contributed by atoms with Crippen LogP contribution in [0.3, 0.4) is 0 Å². The third-order valence-electron chi connectivity index (χ3n) is 3.09. The lowest BCUT2D eigenvalue weighted by Crippen LogP contribution is -2.31. The Morgan fingerprint density at radius 3 is 2.50 bits per heavy atom. The highest BCUT2D eigenvalue weighted by Crippen LogP contribution is 2.23. The Balaban J connectivity index is 2.60. The van der Waals surface area contributed by atoms with Gasteiger partial charge in [-0.2, -0.15) is 0 Å². The maximum absolute atomic E-state index is 12.2. The molecule has 0 heterocycles. The summed E-state index contributed by atoms with van der Waals surface area (Å²) in [6.45, 7) is 4.82. The summed E-state index contributed by atoms with van der Waals surface area (Å²) < 4.78 is 0. The first-order valence-corrected chi connectivity index (χ1v) is 6.85. The van der Waals surface area contributed by atoms with Gasteiger partial charge in [0.15, 0.2) is 0 Å². The van der Waals surface area contributed by atoms with Crippen LogP contribution in [0.15, 0.2) is 24.3 Å². The summed E-state index contributed by atoms with van der Waals surface area (Å²) in [4.78, 5) is 13.9. The molecular weight excluding hydrogens is 224 g/mol. The zero-order chi connectivity index (χ0) is 13.4. The molecule has 0 unspecified atom stereocenters. The first kappa shape index (κ1) is 14.6. The highest BCUT2D eigenvalue weighted by molar-refractivity contribution is 5.96. The third kappa shape index (κ3) is 4.06. The normalized spacial score (nSPS) is 10.3. The van der Waals surface area contributed by atoms with Gasteiger partial charge in [0.05, 0.1) is 11.4 Å². The van der Waals surface area contributed by atoms with Gasteiger partial charge in [0.25, 0.3) is 0 Å². The van der Waals surface area contributed by atoms with Crippen molar-refractivity contribution in [3.63, 3.8) is 0 Å². The van der Waals surface area contributed by atoms with Crippen molar-refractivity contribution in [1.29, 1.82) is 0 Å². The average Bonchev–Trinajstić information content (AvgIpc) is 2.38. The van der Waals surface area contributed by atoms with Crippen LogP contribution in [0.4, 0.5) is 11.4 Å². The quantitative estimate of drug-likeness (QED) is 0.592. The minimum absolute atomic E-state index is 0.173. The van der Waals surface area contributed by atoms with Crippen molar-refractivity contribution >= 4 is 17.3 Å². The number of hydrogen-bond donors (Lipinski definition) is 1. The summed E-state index contributed by atoms with van der Waals surface area (Å²) >= 11 is 0. The van der Waals surface area contributed by atoms with Crippen LogP contribution in [-0.2, 0) is 4.79 Å². The van der Waals surface area contributed by atoms with Crippen LogP contribution < -0.4 is 10.6 Å². The van der Waals surface area contributed by atoms with E-state index >= 15 is 0 Å². The third-order valence-corrected chi connectivity index (χ3v) is 3.09. The molecule has 1 amide bonds. The van der Waals surface area contributed by atoms with Crippen molar-refractivity contribution in [2.75, 3.05) is 17.2 Å². The fraction of sp³-hybridized carbons (Fsp3) is 0.533. The number of hydrogen-bond acceptors (Lipinski definition) is 2. The van der Waals surface area contributed by atoms with E-state index < -0.39 is 0 Å². The highest BCUT2D eigenvalue weighted by Gasteiger charge is 2.15. The molecule has 2 N–H and O–H groups in total. The predicted molar refractivity (Wildman–Crippen MR) is 77.6 cm³/mol. The lowest BCUT2D eigenvalue weighted by atomic mass is 10.1. The van der Waals surface area contributed by atoms with Gasteiger partial charge < -0.3 is 10.6 Å². The lowest BCUT2D eigenvalue weighted by molar-refractivity contribution is -0.118. The van der Waals surface area contributed by atoms with E-state index in [4.69, 9.17) is 5.73 Å². The highest BCUT2D eigenvalue weighted by atomic mass is 16.2. The summed E-state index contributed by atoms with van der Waals surface area (Å²) in [6, 6.07) is 7.54. The second-order valence-corrected chi connectivity index (χ2v) is 4.51. The number of rotatable bonds is 7. The second-order valence-electron chi connectivity index (χ2n) is 4.51. The Kier molecular flexibility index (Phi) is 6.26. The smallest absolute Gasteiger partial charge is 0.227 e. The van der Waals surface area contributed by atoms with Crippen LogP contribution >= 0.6 is 0 Å². The van der Waals surface area contributed by atoms with Crippen molar-refractivity contribution < 1.29 is 4.79 Å². The number of carbonyl (C=O) groups is 1. The number of nitrogens with two attached hydrogens (primary N) is 1. The molecule has 18 heavy (non-hydrogen) atoms. The molecule has 0 bridgehead atoms. The van der Waals surface area contributed by atoms with Crippen molar-refractivity contribution in [2.24, 2.45) is 0 Å². The van der Waals surface area contributed by atoms with Gasteiger partial charge in [-0.1, -0.05) is 38.3 Å². The van der Waals surface area contributed by atoms with Crippen LogP contribution in [0.5, 0.6) is 0 Å². The van der Waals surface area contributed by atoms with Crippen molar-refractivity contribution in [2.45, 2.75) is 46.0 Å². The van der Waals surface area contributed by atoms with Gasteiger partial charge in [-0.3, -0.25) is 4.79 Å². The number of amides is 1. The first-order valence-electron chi connectivity index (χ1n) is 6.85. The fourth-order valence-electron chi connectivity index (χ4n) is 2.05. The number of unbranched alkanes of at least 4 members (excludes halogenated alkanes) is 3. The second kappa shape index (κ2) is 7.75. The summed E-state index contributed by atoms with van der Waals surface area (Å²) in [6.07, 6.45) is 5.10. The van der Waals surface area contributed by atoms with Crippen molar-refractivity contribution in [1.82, 2.24) is 0 Å². The van der Waals surface area contributed by atoms with E-state index in [2.05, 4.69) is 6.92 Å². The van der Waals surface area contributed by atoms with Crippen LogP contribution in [0.25, 0.3) is 0 Å². The minimum Gasteiger partial charge on any atom is -0.397 e. The summed E-state index contributed by atoms with van der Waals surface area (Å²) in [5.74, 6) is 0.173. The molecule has 0 aromatic heterocycles. The molecule has 0 fully saturated rings. The van der Waals surface area contributed by atoms with E-state index in [9.17, 15) is 4.79 Å². The van der Waals surface area contributed by atoms with Crippen LogP contribution in [0.1, 0.15) is 46.0 Å². The molecule has 0 spiro atoms. The molecule has 0 saturated heterocycles. The van der Waals surface area contributed by atoms with E-state index in [1.807, 2.05) is 31.2 Å². The van der Waals surface area contributed by atoms with E-state index in [0.717, 1.165) is 18.5 Å². The largest absolute Gasteiger partial charge is 0.397 e. The molecule has 3 nitrogen and oxygen atoms in total. The Morgan fingerprint density at radius 1 is 1.17 bits per heavy atom. The molecule has 0 aliphatic rings. The monoisotopic (exact) mass is 248 g/mol. The molecule has 0 aliphatic heterocycles. The van der Waals surface area contributed by atoms with E-state index in [1.165, 1.54) is 12.8 Å². The van der Waals surface area contributed by atoms with Crippen LogP contribution in [0.2, 0.25) is 0 Å². The maximum Gasteiger partial charge on any atom is 0.227 e. The Labute approximate surface area is 110 Å². The molecule has 3 heteroatoms. The molecule has 1 aromatic rings. The van der Waals surface area contributed by atoms with Gasteiger partial charge in [-0.15, -0.1) is 0 Å². The first-order chi connectivity index (χ1) is 8.70. The molecule has 100 valence electrons. The van der Waals surface area contributed by atoms with Gasteiger partial charge in [0.2, 0.25) is 5.91 Å². The van der Waals surface area contributed by atoms with Gasteiger partial charge in [-0.25, -0.2) is 0 Å². The Bertz CT molecular complexity index is 377. The van der Waals surface area contributed by atoms with E-state index in [-0.39, 0.29) is 5.91 Å².